The average molecular weight is 331 g/mol. The van der Waals surface area contributed by atoms with Gasteiger partial charge >= 0.3 is 0 Å². The Labute approximate surface area is 136 Å². The largest absolute Gasteiger partial charge is 0.490 e. The first-order valence-electron chi connectivity index (χ1n) is 7.14. The van der Waals surface area contributed by atoms with Crippen molar-refractivity contribution in [2.75, 3.05) is 40.0 Å². The minimum Gasteiger partial charge on any atom is -0.490 e. The van der Waals surface area contributed by atoms with Gasteiger partial charge in [0.2, 0.25) is 5.91 Å². The van der Waals surface area contributed by atoms with E-state index in [1.807, 2.05) is 18.2 Å². The molecule has 124 valence electrons. The van der Waals surface area contributed by atoms with Crippen molar-refractivity contribution in [3.05, 3.63) is 23.8 Å². The Kier molecular flexibility index (Phi) is 8.65. The van der Waals surface area contributed by atoms with Crippen LogP contribution in [0.1, 0.15) is 12.0 Å². The van der Waals surface area contributed by atoms with Crippen molar-refractivity contribution in [3.63, 3.8) is 0 Å². The van der Waals surface area contributed by atoms with Gasteiger partial charge in [0, 0.05) is 26.6 Å². The van der Waals surface area contributed by atoms with Crippen LogP contribution in [0.15, 0.2) is 18.2 Å². The van der Waals surface area contributed by atoms with Crippen molar-refractivity contribution < 1.29 is 19.0 Å². The standard InChI is InChI=1S/C15H22N2O4.ClH/c1-19-8-5-16-11-15(18)17-10-12-3-4-13-14(9-12)21-7-2-6-20-13;/h3-4,9,16H,2,5-8,10-11H2,1H3,(H,17,18);1H. The molecule has 1 aromatic carbocycles. The first-order chi connectivity index (χ1) is 10.3. The van der Waals surface area contributed by atoms with Crippen molar-refractivity contribution in [2.45, 2.75) is 13.0 Å². The number of carbonyl (C=O) groups excluding carboxylic acids is 1. The van der Waals surface area contributed by atoms with Gasteiger partial charge in [-0.3, -0.25) is 4.79 Å². The molecule has 2 N–H and O–H groups in total. The predicted molar refractivity (Wildman–Crippen MR) is 85.9 cm³/mol. The molecule has 0 radical (unpaired) electrons. The highest BCUT2D eigenvalue weighted by atomic mass is 35.5. The van der Waals surface area contributed by atoms with E-state index >= 15 is 0 Å². The molecule has 0 saturated heterocycles. The van der Waals surface area contributed by atoms with E-state index in [1.54, 1.807) is 7.11 Å². The molecule has 0 fully saturated rings. The maximum Gasteiger partial charge on any atom is 0.234 e. The molecule has 0 saturated carbocycles. The lowest BCUT2D eigenvalue weighted by Crippen LogP contribution is -2.34. The molecule has 0 unspecified atom stereocenters. The zero-order valence-electron chi connectivity index (χ0n) is 12.7. The minimum atomic E-state index is -0.0433. The van der Waals surface area contributed by atoms with Crippen LogP contribution in [0.25, 0.3) is 0 Å². The van der Waals surface area contributed by atoms with E-state index in [-0.39, 0.29) is 24.9 Å². The van der Waals surface area contributed by atoms with Crippen molar-refractivity contribution >= 4 is 18.3 Å². The number of benzene rings is 1. The van der Waals surface area contributed by atoms with E-state index < -0.39 is 0 Å². The first kappa shape index (κ1) is 18.5. The van der Waals surface area contributed by atoms with Gasteiger partial charge in [-0.2, -0.15) is 0 Å². The van der Waals surface area contributed by atoms with E-state index in [2.05, 4.69) is 10.6 Å². The second kappa shape index (κ2) is 10.3. The average Bonchev–Trinajstić information content (AvgIpc) is 2.74. The summed E-state index contributed by atoms with van der Waals surface area (Å²) in [7, 11) is 1.63. The molecule has 7 heteroatoms. The summed E-state index contributed by atoms with van der Waals surface area (Å²) in [4.78, 5) is 11.7. The van der Waals surface area contributed by atoms with Gasteiger partial charge in [0.25, 0.3) is 0 Å². The number of fused-ring (bicyclic) bond motifs is 1. The van der Waals surface area contributed by atoms with Crippen LogP contribution in [0.2, 0.25) is 0 Å². The van der Waals surface area contributed by atoms with E-state index in [1.165, 1.54) is 0 Å². The summed E-state index contributed by atoms with van der Waals surface area (Å²) >= 11 is 0. The molecule has 1 heterocycles. The molecule has 0 bridgehead atoms. The third kappa shape index (κ3) is 6.09. The van der Waals surface area contributed by atoms with Crippen molar-refractivity contribution in [1.29, 1.82) is 0 Å². The molecular formula is C15H23ClN2O4. The fraction of sp³-hybridized carbons (Fsp3) is 0.533. The molecule has 0 spiro atoms. The highest BCUT2D eigenvalue weighted by Crippen LogP contribution is 2.30. The highest BCUT2D eigenvalue weighted by Gasteiger charge is 2.10. The number of amides is 1. The molecular weight excluding hydrogens is 308 g/mol. The maximum absolute atomic E-state index is 11.7. The molecule has 1 aromatic rings. The molecule has 1 aliphatic rings. The fourth-order valence-corrected chi connectivity index (χ4v) is 1.96. The molecule has 0 aliphatic carbocycles. The van der Waals surface area contributed by atoms with Gasteiger partial charge in [0.05, 0.1) is 26.4 Å². The van der Waals surface area contributed by atoms with E-state index in [0.29, 0.717) is 32.9 Å². The third-order valence-electron chi connectivity index (χ3n) is 3.07. The monoisotopic (exact) mass is 330 g/mol. The summed E-state index contributed by atoms with van der Waals surface area (Å²) in [6.07, 6.45) is 0.883. The van der Waals surface area contributed by atoms with Gasteiger partial charge in [0.1, 0.15) is 0 Å². The van der Waals surface area contributed by atoms with Crippen LogP contribution in [0.5, 0.6) is 11.5 Å². The molecule has 2 rings (SSSR count). The van der Waals surface area contributed by atoms with Crippen LogP contribution in [-0.2, 0) is 16.1 Å². The van der Waals surface area contributed by atoms with Crippen molar-refractivity contribution in [2.24, 2.45) is 0 Å². The SMILES string of the molecule is COCCNCC(=O)NCc1ccc2c(c1)OCCCO2.Cl. The molecule has 6 nitrogen and oxygen atoms in total. The van der Waals surface area contributed by atoms with Gasteiger partial charge in [0.15, 0.2) is 11.5 Å². The number of carbonyl (C=O) groups is 1. The topological polar surface area (TPSA) is 68.8 Å². The van der Waals surface area contributed by atoms with Crippen molar-refractivity contribution in [3.8, 4) is 11.5 Å². The lowest BCUT2D eigenvalue weighted by Gasteiger charge is -2.10. The number of nitrogens with one attached hydrogen (secondary N) is 2. The summed E-state index contributed by atoms with van der Waals surface area (Å²) in [5.41, 5.74) is 0.990. The smallest absolute Gasteiger partial charge is 0.234 e. The second-order valence-electron chi connectivity index (χ2n) is 4.78. The number of hydrogen-bond donors (Lipinski definition) is 2. The lowest BCUT2D eigenvalue weighted by atomic mass is 10.2. The summed E-state index contributed by atoms with van der Waals surface area (Å²) in [6.45, 7) is 3.35. The third-order valence-corrected chi connectivity index (χ3v) is 3.07. The number of hydrogen-bond acceptors (Lipinski definition) is 5. The summed E-state index contributed by atoms with van der Waals surface area (Å²) in [5, 5.41) is 5.86. The molecule has 1 amide bonds. The van der Waals surface area contributed by atoms with Crippen molar-refractivity contribution in [1.82, 2.24) is 10.6 Å². The number of rotatable bonds is 7. The maximum atomic E-state index is 11.7. The van der Waals surface area contributed by atoms with Crippen LogP contribution in [-0.4, -0.2) is 45.9 Å². The zero-order chi connectivity index (χ0) is 14.9. The van der Waals surface area contributed by atoms with Crippen LogP contribution in [0.4, 0.5) is 0 Å². The Bertz CT molecular complexity index is 471. The fourth-order valence-electron chi connectivity index (χ4n) is 1.96. The Morgan fingerprint density at radius 1 is 1.27 bits per heavy atom. The van der Waals surface area contributed by atoms with Crippen LogP contribution < -0.4 is 20.1 Å². The normalized spacial score (nSPS) is 13.0. The minimum absolute atomic E-state index is 0. The van der Waals surface area contributed by atoms with Gasteiger partial charge < -0.3 is 24.8 Å². The molecule has 0 aromatic heterocycles. The molecule has 22 heavy (non-hydrogen) atoms. The first-order valence-corrected chi connectivity index (χ1v) is 7.14. The molecule has 1 aliphatic heterocycles. The van der Waals surface area contributed by atoms with Crippen LogP contribution in [0, 0.1) is 0 Å². The Morgan fingerprint density at radius 2 is 2.05 bits per heavy atom. The Morgan fingerprint density at radius 3 is 2.82 bits per heavy atom. The Hall–Kier alpha value is -1.50. The number of ether oxygens (including phenoxy) is 3. The zero-order valence-corrected chi connectivity index (χ0v) is 13.5. The lowest BCUT2D eigenvalue weighted by molar-refractivity contribution is -0.120. The second-order valence-corrected chi connectivity index (χ2v) is 4.78. The van der Waals surface area contributed by atoms with Crippen LogP contribution >= 0.6 is 12.4 Å². The van der Waals surface area contributed by atoms with Gasteiger partial charge in [-0.1, -0.05) is 6.07 Å². The number of halogens is 1. The summed E-state index contributed by atoms with van der Waals surface area (Å²) in [5.74, 6) is 1.47. The highest BCUT2D eigenvalue weighted by molar-refractivity contribution is 5.85. The van der Waals surface area contributed by atoms with Gasteiger partial charge in [-0.05, 0) is 17.7 Å². The van der Waals surface area contributed by atoms with E-state index in [9.17, 15) is 4.79 Å². The molecule has 0 atom stereocenters. The summed E-state index contributed by atoms with van der Waals surface area (Å²) < 4.78 is 16.1. The van der Waals surface area contributed by atoms with E-state index in [4.69, 9.17) is 14.2 Å². The number of methoxy groups -OCH3 is 1. The quantitative estimate of drug-likeness (QED) is 0.733. The van der Waals surface area contributed by atoms with E-state index in [0.717, 1.165) is 23.5 Å². The Balaban J connectivity index is 0.00000242. The summed E-state index contributed by atoms with van der Waals surface area (Å²) in [6, 6.07) is 5.74. The predicted octanol–water partition coefficient (Wildman–Crippen LogP) is 1.12. The van der Waals surface area contributed by atoms with Gasteiger partial charge in [-0.15, -0.1) is 12.4 Å². The van der Waals surface area contributed by atoms with Crippen LogP contribution in [0.3, 0.4) is 0 Å². The van der Waals surface area contributed by atoms with Gasteiger partial charge in [-0.25, -0.2) is 0 Å².